The molecular formula is C20H18F3N7O. The van der Waals surface area contributed by atoms with Crippen molar-refractivity contribution in [3.8, 4) is 0 Å². The van der Waals surface area contributed by atoms with Crippen LogP contribution in [0.25, 0.3) is 0 Å². The van der Waals surface area contributed by atoms with E-state index in [-0.39, 0.29) is 16.9 Å². The summed E-state index contributed by atoms with van der Waals surface area (Å²) < 4.78 is 38.2. The number of nitrogens with zero attached hydrogens (tertiary/aromatic N) is 5. The number of aromatic nitrogens is 5. The van der Waals surface area contributed by atoms with Gasteiger partial charge >= 0.3 is 6.18 Å². The molecular weight excluding hydrogens is 411 g/mol. The van der Waals surface area contributed by atoms with E-state index in [1.165, 1.54) is 12.5 Å². The van der Waals surface area contributed by atoms with Crippen LogP contribution in [0.5, 0.6) is 0 Å². The average molecular weight is 429 g/mol. The number of aromatic amines is 1. The van der Waals surface area contributed by atoms with Gasteiger partial charge in [0.25, 0.3) is 0 Å². The third-order valence-corrected chi connectivity index (χ3v) is 9.58. The maximum absolute atomic E-state index is 13.5. The number of anilines is 1. The molecule has 8 nitrogen and oxygen atoms in total. The highest BCUT2D eigenvalue weighted by molar-refractivity contribution is 5.94. The molecule has 0 unspecified atom stereocenters. The standard InChI is InChI=1S/C20H18F3N7O/c21-20(22,23)8-3-25-9(4-24-8)28-19-13-10-14(19)12-15(19)11(13)18(10,12)17(31)30-2-1-7(5-30)16-26-6-27-29-16/h3-4,6-7,10-15H,1-2,5H2,(H,25,28)(H,26,27,29)/t7-,10?,11?,12?,13?,14?,15?,18?,19?/m0/s1. The van der Waals surface area contributed by atoms with Crippen molar-refractivity contribution in [3.05, 3.63) is 30.2 Å². The number of rotatable bonds is 4. The Morgan fingerprint density at radius 3 is 2.42 bits per heavy atom. The van der Waals surface area contributed by atoms with Gasteiger partial charge in [0.2, 0.25) is 5.91 Å². The van der Waals surface area contributed by atoms with E-state index in [0.717, 1.165) is 25.0 Å². The maximum atomic E-state index is 13.5. The van der Waals surface area contributed by atoms with Gasteiger partial charge in [0.05, 0.1) is 17.8 Å². The molecule has 2 aromatic rings. The summed E-state index contributed by atoms with van der Waals surface area (Å²) in [6.07, 6.45) is -0.106. The van der Waals surface area contributed by atoms with Crippen LogP contribution in [0.1, 0.15) is 23.9 Å². The molecule has 9 rings (SSSR count). The van der Waals surface area contributed by atoms with Crippen molar-refractivity contribution >= 4 is 11.7 Å². The van der Waals surface area contributed by atoms with E-state index >= 15 is 0 Å². The lowest BCUT2D eigenvalue weighted by molar-refractivity contribution is -0.597. The van der Waals surface area contributed by atoms with E-state index in [1.54, 1.807) is 0 Å². The quantitative estimate of drug-likeness (QED) is 0.765. The summed E-state index contributed by atoms with van der Waals surface area (Å²) in [4.78, 5) is 27.2. The lowest BCUT2D eigenvalue weighted by Gasteiger charge is -3.10. The smallest absolute Gasteiger partial charge is 0.362 e. The van der Waals surface area contributed by atoms with Crippen LogP contribution >= 0.6 is 0 Å². The number of carbonyl (C=O) groups excluding carboxylic acids is 1. The van der Waals surface area contributed by atoms with Gasteiger partial charge in [-0.25, -0.2) is 15.0 Å². The Balaban J connectivity index is 0.977. The minimum Gasteiger partial charge on any atom is -0.362 e. The molecule has 3 heterocycles. The number of alkyl halides is 3. The second-order valence-electron chi connectivity index (χ2n) is 10.0. The first-order chi connectivity index (χ1) is 14.9. The van der Waals surface area contributed by atoms with Crippen molar-refractivity contribution in [2.75, 3.05) is 18.4 Å². The van der Waals surface area contributed by atoms with E-state index < -0.39 is 11.9 Å². The number of halogens is 3. The lowest BCUT2D eigenvalue weighted by atomic mass is 8.94. The van der Waals surface area contributed by atoms with E-state index in [9.17, 15) is 18.0 Å². The van der Waals surface area contributed by atoms with E-state index in [1.807, 2.05) is 4.90 Å². The van der Waals surface area contributed by atoms with E-state index in [0.29, 0.717) is 53.8 Å². The van der Waals surface area contributed by atoms with Crippen LogP contribution in [0.3, 0.4) is 0 Å². The number of H-pyrrole nitrogens is 1. The molecule has 1 atom stereocenters. The lowest BCUT2D eigenvalue weighted by Crippen LogP contribution is -3.15. The monoisotopic (exact) mass is 429 g/mol. The van der Waals surface area contributed by atoms with Crippen LogP contribution in [-0.2, 0) is 11.0 Å². The normalized spacial score (nSPS) is 46.8. The van der Waals surface area contributed by atoms with Crippen molar-refractivity contribution in [3.63, 3.8) is 0 Å². The topological polar surface area (TPSA) is 99.7 Å². The van der Waals surface area contributed by atoms with Crippen molar-refractivity contribution in [1.29, 1.82) is 0 Å². The molecule has 2 N–H and O–H groups in total. The highest BCUT2D eigenvalue weighted by atomic mass is 19.4. The second kappa shape index (κ2) is 4.71. The third-order valence-electron chi connectivity index (χ3n) is 9.58. The first kappa shape index (κ1) is 16.9. The fourth-order valence-corrected chi connectivity index (χ4v) is 8.82. The molecule has 0 spiro atoms. The highest BCUT2D eigenvalue weighted by Crippen LogP contribution is 3.07. The van der Waals surface area contributed by atoms with Gasteiger partial charge in [0, 0.05) is 24.5 Å². The van der Waals surface area contributed by atoms with Crippen molar-refractivity contribution in [2.24, 2.45) is 40.9 Å². The molecule has 1 aliphatic heterocycles. The minimum atomic E-state index is -4.48. The molecule has 7 aliphatic rings. The molecule has 31 heavy (non-hydrogen) atoms. The van der Waals surface area contributed by atoms with Crippen molar-refractivity contribution in [1.82, 2.24) is 30.0 Å². The Bertz CT molecular complexity index is 1080. The van der Waals surface area contributed by atoms with Crippen LogP contribution in [0, 0.1) is 40.9 Å². The number of likely N-dealkylation sites (tertiary alicyclic amines) is 1. The predicted octanol–water partition coefficient (Wildman–Crippen LogP) is 1.53. The Labute approximate surface area is 174 Å². The fourth-order valence-electron chi connectivity index (χ4n) is 8.82. The summed E-state index contributed by atoms with van der Waals surface area (Å²) in [6.45, 7) is 1.47. The fraction of sp³-hybridized carbons (Fsp3) is 0.650. The van der Waals surface area contributed by atoms with E-state index in [2.05, 4.69) is 30.5 Å². The van der Waals surface area contributed by atoms with Gasteiger partial charge in [0.15, 0.2) is 5.69 Å². The summed E-state index contributed by atoms with van der Waals surface area (Å²) in [5.74, 6) is 4.45. The molecule has 7 fully saturated rings. The van der Waals surface area contributed by atoms with Gasteiger partial charge in [-0.3, -0.25) is 9.89 Å². The summed E-state index contributed by atoms with van der Waals surface area (Å²) in [7, 11) is 0. The Morgan fingerprint density at radius 1 is 1.10 bits per heavy atom. The first-order valence-corrected chi connectivity index (χ1v) is 10.7. The zero-order valence-corrected chi connectivity index (χ0v) is 16.2. The summed E-state index contributed by atoms with van der Waals surface area (Å²) in [5, 5.41) is 10.3. The molecule has 11 heteroatoms. The number of nitrogens with one attached hydrogen (secondary N) is 2. The van der Waals surface area contributed by atoms with Gasteiger partial charge in [-0.15, -0.1) is 0 Å². The zero-order chi connectivity index (χ0) is 20.9. The first-order valence-electron chi connectivity index (χ1n) is 10.7. The molecule has 0 radical (unpaired) electrons. The van der Waals surface area contributed by atoms with Gasteiger partial charge in [-0.2, -0.15) is 18.3 Å². The van der Waals surface area contributed by atoms with Crippen molar-refractivity contribution in [2.45, 2.75) is 24.1 Å². The summed E-state index contributed by atoms with van der Waals surface area (Å²) in [6, 6.07) is 0. The van der Waals surface area contributed by atoms with Crippen LogP contribution < -0.4 is 5.32 Å². The highest BCUT2D eigenvalue weighted by Gasteiger charge is 3.12. The SMILES string of the molecule is O=C(N1CC[C@H](c2ncn[nH]2)C1)C12C3C4C1C1C2C3C41Nc1cnc(C(F)(F)F)cn1. The predicted molar refractivity (Wildman–Crippen MR) is 97.1 cm³/mol. The van der Waals surface area contributed by atoms with Gasteiger partial charge < -0.3 is 10.2 Å². The van der Waals surface area contributed by atoms with E-state index in [4.69, 9.17) is 0 Å². The molecule has 0 bridgehead atoms. The van der Waals surface area contributed by atoms with Crippen LogP contribution in [0.15, 0.2) is 18.7 Å². The average Bonchev–Trinajstić information content (AvgIpc) is 3.45. The van der Waals surface area contributed by atoms with Gasteiger partial charge in [-0.1, -0.05) is 0 Å². The molecule has 160 valence electrons. The molecule has 0 aromatic carbocycles. The summed E-state index contributed by atoms with van der Waals surface area (Å²) >= 11 is 0. The Kier molecular flexibility index (Phi) is 2.57. The zero-order valence-electron chi connectivity index (χ0n) is 16.2. The van der Waals surface area contributed by atoms with Gasteiger partial charge in [-0.05, 0) is 41.9 Å². The van der Waals surface area contributed by atoms with Crippen LogP contribution in [0.4, 0.5) is 19.0 Å². The number of amides is 1. The molecule has 1 saturated heterocycles. The summed E-state index contributed by atoms with van der Waals surface area (Å²) in [5.41, 5.74) is -1.18. The molecule has 1 amide bonds. The molecule has 6 aliphatic carbocycles. The van der Waals surface area contributed by atoms with Gasteiger partial charge in [0.1, 0.15) is 18.0 Å². The Morgan fingerprint density at radius 2 is 1.84 bits per heavy atom. The van der Waals surface area contributed by atoms with Crippen LogP contribution in [-0.4, -0.2) is 54.6 Å². The Hall–Kier alpha value is -2.72. The van der Waals surface area contributed by atoms with Crippen molar-refractivity contribution < 1.29 is 18.0 Å². The molecule has 2 aromatic heterocycles. The number of hydrogen-bond acceptors (Lipinski definition) is 6. The largest absolute Gasteiger partial charge is 0.434 e. The van der Waals surface area contributed by atoms with Crippen LogP contribution in [0.2, 0.25) is 0 Å². The maximum Gasteiger partial charge on any atom is 0.434 e. The number of carbonyl (C=O) groups is 1. The third kappa shape index (κ3) is 1.49. The number of hydrogen-bond donors (Lipinski definition) is 2. The second-order valence-corrected chi connectivity index (χ2v) is 10.0. The molecule has 6 saturated carbocycles. The minimum absolute atomic E-state index is 0.0517.